The fraction of sp³-hybridized carbons (Fsp3) is 0.727. The largest absolute Gasteiger partial charge is 0.459 e. The second-order valence-corrected chi connectivity index (χ2v) is 4.16. The van der Waals surface area contributed by atoms with Crippen molar-refractivity contribution in [3.8, 4) is 12.3 Å². The molecule has 0 aromatic heterocycles. The Morgan fingerprint density at radius 3 is 2.57 bits per heavy atom. The maximum atomic E-state index is 11.4. The molecule has 14 heavy (non-hydrogen) atoms. The van der Waals surface area contributed by atoms with Crippen molar-refractivity contribution in [1.82, 2.24) is 5.32 Å². The van der Waals surface area contributed by atoms with Crippen LogP contribution in [0.4, 0.5) is 0 Å². The molecule has 0 heterocycles. The Bertz CT molecular complexity index is 222. The maximum absolute atomic E-state index is 11.4. The van der Waals surface area contributed by atoms with Gasteiger partial charge in [0.05, 0.1) is 0 Å². The van der Waals surface area contributed by atoms with E-state index in [0.717, 1.165) is 0 Å². The van der Waals surface area contributed by atoms with Gasteiger partial charge < -0.3 is 10.1 Å². The molecule has 1 atom stereocenters. The van der Waals surface area contributed by atoms with E-state index >= 15 is 0 Å². The van der Waals surface area contributed by atoms with Crippen LogP contribution in [0.3, 0.4) is 0 Å². The molecule has 0 fully saturated rings. The van der Waals surface area contributed by atoms with Gasteiger partial charge in [0.2, 0.25) is 0 Å². The topological polar surface area (TPSA) is 38.3 Å². The number of carbonyl (C=O) groups excluding carboxylic acids is 1. The van der Waals surface area contributed by atoms with Gasteiger partial charge in [0, 0.05) is 13.0 Å². The highest BCUT2D eigenvalue weighted by Crippen LogP contribution is 2.08. The summed E-state index contributed by atoms with van der Waals surface area (Å²) < 4.78 is 5.18. The number of terminal acetylenes is 1. The second kappa shape index (κ2) is 5.66. The van der Waals surface area contributed by atoms with Crippen molar-refractivity contribution < 1.29 is 9.53 Å². The summed E-state index contributed by atoms with van der Waals surface area (Å²) in [6, 6.07) is -0.303. The molecular formula is C11H19NO2. The van der Waals surface area contributed by atoms with E-state index in [9.17, 15) is 4.79 Å². The van der Waals surface area contributed by atoms with Gasteiger partial charge in [-0.3, -0.25) is 4.79 Å². The zero-order valence-electron chi connectivity index (χ0n) is 9.39. The Balaban J connectivity index is 3.84. The van der Waals surface area contributed by atoms with E-state index in [1.165, 1.54) is 0 Å². The summed E-state index contributed by atoms with van der Waals surface area (Å²) >= 11 is 0. The lowest BCUT2D eigenvalue weighted by atomic mass is 10.2. The fourth-order valence-corrected chi connectivity index (χ4v) is 0.834. The Labute approximate surface area is 86.2 Å². The van der Waals surface area contributed by atoms with Crippen molar-refractivity contribution in [2.45, 2.75) is 45.8 Å². The molecule has 0 amide bonds. The summed E-state index contributed by atoms with van der Waals surface area (Å²) in [5, 5.41) is 2.99. The normalized spacial score (nSPS) is 13.1. The molecule has 0 saturated heterocycles. The van der Waals surface area contributed by atoms with Gasteiger partial charge in [-0.2, -0.15) is 0 Å². The van der Waals surface area contributed by atoms with Crippen LogP contribution >= 0.6 is 0 Å². The highest BCUT2D eigenvalue weighted by atomic mass is 16.6. The average Bonchev–Trinajstić information content (AvgIpc) is 2.01. The van der Waals surface area contributed by atoms with Gasteiger partial charge in [0.1, 0.15) is 11.6 Å². The van der Waals surface area contributed by atoms with Crippen LogP contribution in [0.25, 0.3) is 0 Å². The molecule has 3 nitrogen and oxygen atoms in total. The standard InChI is InChI=1S/C11H19NO2/c1-6-7-8-12-9(2)10(13)14-11(3,4)5/h1,9,12H,7-8H2,2-5H3. The van der Waals surface area contributed by atoms with E-state index in [4.69, 9.17) is 11.2 Å². The third-order valence-corrected chi connectivity index (χ3v) is 1.48. The van der Waals surface area contributed by atoms with Gasteiger partial charge in [-0.05, 0) is 27.7 Å². The van der Waals surface area contributed by atoms with E-state index in [-0.39, 0.29) is 12.0 Å². The van der Waals surface area contributed by atoms with Crippen molar-refractivity contribution in [3.63, 3.8) is 0 Å². The average molecular weight is 197 g/mol. The molecule has 0 radical (unpaired) electrons. The van der Waals surface area contributed by atoms with E-state index in [1.54, 1.807) is 6.92 Å². The maximum Gasteiger partial charge on any atom is 0.323 e. The third-order valence-electron chi connectivity index (χ3n) is 1.48. The van der Waals surface area contributed by atoms with Crippen LogP contribution in [-0.2, 0) is 9.53 Å². The molecule has 1 N–H and O–H groups in total. The van der Waals surface area contributed by atoms with E-state index in [1.807, 2.05) is 20.8 Å². The summed E-state index contributed by atoms with van der Waals surface area (Å²) in [5.74, 6) is 2.25. The summed E-state index contributed by atoms with van der Waals surface area (Å²) in [7, 11) is 0. The number of esters is 1. The minimum Gasteiger partial charge on any atom is -0.459 e. The van der Waals surface area contributed by atoms with Crippen molar-refractivity contribution in [2.24, 2.45) is 0 Å². The molecule has 3 heteroatoms. The molecule has 0 aliphatic rings. The number of hydrogen-bond donors (Lipinski definition) is 1. The summed E-state index contributed by atoms with van der Waals surface area (Å²) in [6.07, 6.45) is 5.70. The lowest BCUT2D eigenvalue weighted by Gasteiger charge is -2.22. The molecule has 0 spiro atoms. The first-order valence-corrected chi connectivity index (χ1v) is 4.76. The van der Waals surface area contributed by atoms with Crippen molar-refractivity contribution in [3.05, 3.63) is 0 Å². The van der Waals surface area contributed by atoms with E-state index in [0.29, 0.717) is 13.0 Å². The molecular weight excluding hydrogens is 178 g/mol. The van der Waals surface area contributed by atoms with Crippen molar-refractivity contribution in [2.75, 3.05) is 6.54 Å². The monoisotopic (exact) mass is 197 g/mol. The van der Waals surface area contributed by atoms with Gasteiger partial charge in [0.25, 0.3) is 0 Å². The molecule has 0 bridgehead atoms. The zero-order valence-corrected chi connectivity index (χ0v) is 9.39. The molecule has 1 unspecified atom stereocenters. The number of carbonyl (C=O) groups is 1. The van der Waals surface area contributed by atoms with Crippen LogP contribution in [0.2, 0.25) is 0 Å². The first kappa shape index (κ1) is 13.0. The molecule has 0 saturated carbocycles. The number of hydrogen-bond acceptors (Lipinski definition) is 3. The van der Waals surface area contributed by atoms with Crippen molar-refractivity contribution >= 4 is 5.97 Å². The third kappa shape index (κ3) is 6.50. The van der Waals surface area contributed by atoms with Gasteiger partial charge in [-0.1, -0.05) is 0 Å². The molecule has 0 aliphatic carbocycles. The molecule has 0 aliphatic heterocycles. The predicted octanol–water partition coefficient (Wildman–Crippen LogP) is 1.33. The van der Waals surface area contributed by atoms with Crippen LogP contribution in [0.1, 0.15) is 34.1 Å². The SMILES string of the molecule is C#CCCNC(C)C(=O)OC(C)(C)C. The van der Waals surface area contributed by atoms with Gasteiger partial charge in [-0.15, -0.1) is 12.3 Å². The zero-order chi connectivity index (χ0) is 11.2. The summed E-state index contributed by atoms with van der Waals surface area (Å²) in [5.41, 5.74) is -0.431. The number of rotatable bonds is 4. The quantitative estimate of drug-likeness (QED) is 0.420. The van der Waals surface area contributed by atoms with Crippen LogP contribution in [0, 0.1) is 12.3 Å². The Hall–Kier alpha value is -1.01. The minimum absolute atomic E-state index is 0.241. The highest BCUT2D eigenvalue weighted by molar-refractivity contribution is 5.75. The number of ether oxygens (including phenoxy) is 1. The van der Waals surface area contributed by atoms with Gasteiger partial charge in [-0.25, -0.2) is 0 Å². The first-order valence-electron chi connectivity index (χ1n) is 4.76. The van der Waals surface area contributed by atoms with Gasteiger partial charge in [0.15, 0.2) is 0 Å². The van der Waals surface area contributed by atoms with E-state index in [2.05, 4.69) is 11.2 Å². The van der Waals surface area contributed by atoms with E-state index < -0.39 is 5.60 Å². The smallest absolute Gasteiger partial charge is 0.323 e. The Morgan fingerprint density at radius 1 is 1.57 bits per heavy atom. The molecule has 0 rings (SSSR count). The summed E-state index contributed by atoms with van der Waals surface area (Å²) in [4.78, 5) is 11.4. The van der Waals surface area contributed by atoms with Crippen LogP contribution in [-0.4, -0.2) is 24.2 Å². The number of nitrogens with one attached hydrogen (secondary N) is 1. The Kier molecular flexibility index (Phi) is 5.26. The van der Waals surface area contributed by atoms with Crippen molar-refractivity contribution in [1.29, 1.82) is 0 Å². The molecule has 0 aromatic carbocycles. The van der Waals surface area contributed by atoms with Gasteiger partial charge >= 0.3 is 5.97 Å². The predicted molar refractivity (Wildman–Crippen MR) is 56.8 cm³/mol. The van der Waals surface area contributed by atoms with Crippen LogP contribution < -0.4 is 5.32 Å². The van der Waals surface area contributed by atoms with Crippen LogP contribution in [0.5, 0.6) is 0 Å². The first-order chi connectivity index (χ1) is 6.37. The lowest BCUT2D eigenvalue weighted by molar-refractivity contribution is -0.156. The lowest BCUT2D eigenvalue weighted by Crippen LogP contribution is -2.39. The molecule has 80 valence electrons. The minimum atomic E-state index is -0.431. The summed E-state index contributed by atoms with van der Waals surface area (Å²) in [6.45, 7) is 7.94. The highest BCUT2D eigenvalue weighted by Gasteiger charge is 2.20. The van der Waals surface area contributed by atoms with Crippen LogP contribution in [0.15, 0.2) is 0 Å². The fourth-order valence-electron chi connectivity index (χ4n) is 0.834. The Morgan fingerprint density at radius 2 is 2.14 bits per heavy atom. The second-order valence-electron chi connectivity index (χ2n) is 4.16. The molecule has 0 aromatic rings.